The summed E-state index contributed by atoms with van der Waals surface area (Å²) in [6.07, 6.45) is -1.61. The van der Waals surface area contributed by atoms with Gasteiger partial charge in [-0.25, -0.2) is 4.79 Å². The van der Waals surface area contributed by atoms with Gasteiger partial charge in [0.15, 0.2) is 0 Å². The van der Waals surface area contributed by atoms with Crippen molar-refractivity contribution in [2.24, 2.45) is 0 Å². The summed E-state index contributed by atoms with van der Waals surface area (Å²) in [7, 11) is 0. The fraction of sp³-hybridized carbons (Fsp3) is 0.222. The van der Waals surface area contributed by atoms with Crippen LogP contribution in [0, 0.1) is 0 Å². The Bertz CT molecular complexity index is 1290. The van der Waals surface area contributed by atoms with Crippen LogP contribution < -0.4 is 4.74 Å². The number of fused-ring (bicyclic) bond motifs is 1. The maximum Gasteiger partial charge on any atom is 0.573 e. The van der Waals surface area contributed by atoms with Crippen molar-refractivity contribution in [2.45, 2.75) is 39.1 Å². The summed E-state index contributed by atoms with van der Waals surface area (Å²) in [5.41, 5.74) is 4.16. The zero-order valence-corrected chi connectivity index (χ0v) is 18.6. The maximum atomic E-state index is 12.5. The first kappa shape index (κ1) is 23.4. The Kier molecular flexibility index (Phi) is 6.63. The first-order valence-corrected chi connectivity index (χ1v) is 11.1. The number of hydrogen-bond acceptors (Lipinski definition) is 2. The standard InChI is InChI=1S/C27H24F3NO3/c1-2-3-6-18-9-13-20(14-10-18)24-22-7-4-5-8-23(22)31(25(24)26(32)33)17-19-11-15-21(16-12-19)34-27(28,29)30/h4-5,7-16H,2-3,6,17H2,1H3,(H,32,33). The lowest BCUT2D eigenvalue weighted by Crippen LogP contribution is -2.17. The van der Waals surface area contributed by atoms with Crippen LogP contribution in [0.1, 0.15) is 41.4 Å². The number of carbonyl (C=O) groups is 1. The second-order valence-electron chi connectivity index (χ2n) is 8.12. The Hall–Kier alpha value is -3.74. The van der Waals surface area contributed by atoms with Crippen molar-refractivity contribution in [1.29, 1.82) is 0 Å². The molecule has 4 rings (SSSR count). The molecule has 0 bridgehead atoms. The molecule has 4 aromatic rings. The van der Waals surface area contributed by atoms with Crippen LogP contribution in [-0.2, 0) is 13.0 Å². The zero-order valence-electron chi connectivity index (χ0n) is 18.6. The van der Waals surface area contributed by atoms with E-state index in [0.717, 1.165) is 35.7 Å². The number of carboxylic acids is 1. The largest absolute Gasteiger partial charge is 0.573 e. The van der Waals surface area contributed by atoms with Crippen molar-refractivity contribution in [3.8, 4) is 16.9 Å². The van der Waals surface area contributed by atoms with E-state index in [0.29, 0.717) is 11.1 Å². The average Bonchev–Trinajstić information content (AvgIpc) is 3.13. The number of unbranched alkanes of at least 4 members (excludes halogenated alkanes) is 1. The van der Waals surface area contributed by atoms with E-state index in [2.05, 4.69) is 11.7 Å². The van der Waals surface area contributed by atoms with Gasteiger partial charge in [-0.3, -0.25) is 0 Å². The summed E-state index contributed by atoms with van der Waals surface area (Å²) in [6, 6.07) is 20.9. The number of nitrogens with zero attached hydrogens (tertiary/aromatic N) is 1. The van der Waals surface area contributed by atoms with Gasteiger partial charge in [0.25, 0.3) is 0 Å². The van der Waals surface area contributed by atoms with Crippen LogP contribution in [0.25, 0.3) is 22.0 Å². The molecule has 0 spiro atoms. The highest BCUT2D eigenvalue weighted by molar-refractivity contribution is 6.08. The number of rotatable bonds is 8. The van der Waals surface area contributed by atoms with E-state index in [4.69, 9.17) is 0 Å². The molecule has 0 aliphatic heterocycles. The highest BCUT2D eigenvalue weighted by atomic mass is 19.4. The summed E-state index contributed by atoms with van der Waals surface area (Å²) in [4.78, 5) is 12.4. The van der Waals surface area contributed by atoms with Gasteiger partial charge in [-0.15, -0.1) is 13.2 Å². The summed E-state index contributed by atoms with van der Waals surface area (Å²) in [5.74, 6) is -1.39. The van der Waals surface area contributed by atoms with Gasteiger partial charge in [0, 0.05) is 23.0 Å². The zero-order chi connectivity index (χ0) is 24.3. The summed E-state index contributed by atoms with van der Waals surface area (Å²) in [6.45, 7) is 2.32. The normalized spacial score (nSPS) is 11.6. The van der Waals surface area contributed by atoms with Crippen molar-refractivity contribution in [3.63, 3.8) is 0 Å². The number of aromatic nitrogens is 1. The molecule has 0 unspecified atom stereocenters. The Labute approximate surface area is 195 Å². The number of ether oxygens (including phenoxy) is 1. The van der Waals surface area contributed by atoms with Gasteiger partial charge in [-0.1, -0.05) is 67.9 Å². The molecule has 0 amide bonds. The van der Waals surface area contributed by atoms with E-state index >= 15 is 0 Å². The Morgan fingerprint density at radius 1 is 0.941 bits per heavy atom. The lowest BCUT2D eigenvalue weighted by Gasteiger charge is -2.12. The lowest BCUT2D eigenvalue weighted by molar-refractivity contribution is -0.274. The smallest absolute Gasteiger partial charge is 0.477 e. The molecule has 0 saturated carbocycles. The minimum atomic E-state index is -4.77. The number of carboxylic acid groups (broad SMARTS) is 1. The molecule has 1 N–H and O–H groups in total. The van der Waals surface area contributed by atoms with Crippen molar-refractivity contribution in [2.75, 3.05) is 0 Å². The van der Waals surface area contributed by atoms with Crippen molar-refractivity contribution >= 4 is 16.9 Å². The van der Waals surface area contributed by atoms with Crippen LogP contribution in [-0.4, -0.2) is 22.0 Å². The lowest BCUT2D eigenvalue weighted by atomic mass is 9.99. The Morgan fingerprint density at radius 3 is 2.21 bits per heavy atom. The van der Waals surface area contributed by atoms with Crippen LogP contribution in [0.15, 0.2) is 72.8 Å². The maximum absolute atomic E-state index is 12.5. The third-order valence-electron chi connectivity index (χ3n) is 5.73. The van der Waals surface area contributed by atoms with Gasteiger partial charge >= 0.3 is 12.3 Å². The molecule has 1 aromatic heterocycles. The highest BCUT2D eigenvalue weighted by Crippen LogP contribution is 2.36. The van der Waals surface area contributed by atoms with E-state index in [1.54, 1.807) is 4.57 Å². The Balaban J connectivity index is 1.76. The third-order valence-corrected chi connectivity index (χ3v) is 5.73. The average molecular weight is 467 g/mol. The fourth-order valence-electron chi connectivity index (χ4n) is 4.18. The van der Waals surface area contributed by atoms with E-state index in [1.165, 1.54) is 29.8 Å². The van der Waals surface area contributed by atoms with Crippen LogP contribution >= 0.6 is 0 Å². The molecule has 1 heterocycles. The number of alkyl halides is 3. The van der Waals surface area contributed by atoms with Gasteiger partial charge in [-0.2, -0.15) is 0 Å². The number of hydrogen-bond donors (Lipinski definition) is 1. The number of para-hydroxylation sites is 1. The summed E-state index contributed by atoms with van der Waals surface area (Å²) < 4.78 is 43.0. The fourth-order valence-corrected chi connectivity index (χ4v) is 4.18. The molecule has 0 atom stereocenters. The number of halogens is 3. The number of aromatic carboxylic acids is 1. The predicted octanol–water partition coefficient (Wildman–Crippen LogP) is 7.30. The number of benzene rings is 3. The van der Waals surface area contributed by atoms with Crippen molar-refractivity contribution in [1.82, 2.24) is 4.57 Å². The van der Waals surface area contributed by atoms with Crippen LogP contribution in [0.4, 0.5) is 13.2 Å². The van der Waals surface area contributed by atoms with E-state index in [1.807, 2.05) is 48.5 Å². The van der Waals surface area contributed by atoms with Crippen LogP contribution in [0.3, 0.4) is 0 Å². The first-order chi connectivity index (χ1) is 16.3. The molecule has 4 nitrogen and oxygen atoms in total. The quantitative estimate of drug-likeness (QED) is 0.296. The highest BCUT2D eigenvalue weighted by Gasteiger charge is 2.31. The molecular formula is C27H24F3NO3. The molecule has 34 heavy (non-hydrogen) atoms. The van der Waals surface area contributed by atoms with Gasteiger partial charge in [0.1, 0.15) is 11.4 Å². The monoisotopic (exact) mass is 467 g/mol. The molecule has 0 fully saturated rings. The van der Waals surface area contributed by atoms with Gasteiger partial charge in [0.2, 0.25) is 0 Å². The number of aryl methyl sites for hydroxylation is 1. The molecule has 7 heteroatoms. The first-order valence-electron chi connectivity index (χ1n) is 11.1. The molecule has 3 aromatic carbocycles. The SMILES string of the molecule is CCCCc1ccc(-c2c(C(=O)O)n(Cc3ccc(OC(F)(F)F)cc3)c3ccccc23)cc1. The van der Waals surface area contributed by atoms with E-state index < -0.39 is 12.3 Å². The summed E-state index contributed by atoms with van der Waals surface area (Å²) in [5, 5.41) is 11.0. The van der Waals surface area contributed by atoms with Gasteiger partial charge in [-0.05, 0) is 47.7 Å². The molecular weight excluding hydrogens is 443 g/mol. The van der Waals surface area contributed by atoms with Crippen molar-refractivity contribution in [3.05, 3.63) is 89.6 Å². The second-order valence-corrected chi connectivity index (χ2v) is 8.12. The molecule has 0 aliphatic rings. The minimum absolute atomic E-state index is 0.137. The summed E-state index contributed by atoms with van der Waals surface area (Å²) >= 11 is 0. The predicted molar refractivity (Wildman–Crippen MR) is 125 cm³/mol. The third kappa shape index (κ3) is 5.09. The van der Waals surface area contributed by atoms with Crippen LogP contribution in [0.5, 0.6) is 5.75 Å². The molecule has 0 aliphatic carbocycles. The Morgan fingerprint density at radius 2 is 1.59 bits per heavy atom. The molecule has 0 radical (unpaired) electrons. The van der Waals surface area contributed by atoms with E-state index in [9.17, 15) is 23.1 Å². The van der Waals surface area contributed by atoms with Gasteiger partial charge < -0.3 is 14.4 Å². The second kappa shape index (κ2) is 9.63. The van der Waals surface area contributed by atoms with Crippen molar-refractivity contribution < 1.29 is 27.8 Å². The van der Waals surface area contributed by atoms with Crippen LogP contribution in [0.2, 0.25) is 0 Å². The van der Waals surface area contributed by atoms with Gasteiger partial charge in [0.05, 0.1) is 0 Å². The minimum Gasteiger partial charge on any atom is -0.477 e. The molecule has 0 saturated heterocycles. The topological polar surface area (TPSA) is 51.5 Å². The molecule has 176 valence electrons. The van der Waals surface area contributed by atoms with E-state index in [-0.39, 0.29) is 18.0 Å².